The first-order valence-corrected chi connectivity index (χ1v) is 12.4. The molecule has 3 unspecified atom stereocenters. The molecule has 0 spiro atoms. The number of sulfone groups is 1. The number of phenols is 1. The zero-order chi connectivity index (χ0) is 21.5. The van der Waals surface area contributed by atoms with E-state index in [-0.39, 0.29) is 27.7 Å². The second-order valence-electron chi connectivity index (χ2n) is 8.47. The zero-order valence-corrected chi connectivity index (χ0v) is 18.6. The molecular weight excluding hydrogens is 426 g/mol. The summed E-state index contributed by atoms with van der Waals surface area (Å²) in [4.78, 5) is 14.5. The van der Waals surface area contributed by atoms with E-state index < -0.39 is 26.9 Å². The topological polar surface area (TPSA) is 98.7 Å². The summed E-state index contributed by atoms with van der Waals surface area (Å²) in [6.07, 6.45) is 6.96. The zero-order valence-electron chi connectivity index (χ0n) is 17.0. The molecule has 3 atom stereocenters. The molecule has 9 heteroatoms. The van der Waals surface area contributed by atoms with Crippen molar-refractivity contribution in [2.75, 3.05) is 18.4 Å². The van der Waals surface area contributed by atoms with E-state index in [1.54, 1.807) is 0 Å². The van der Waals surface area contributed by atoms with Crippen molar-refractivity contribution >= 4 is 33.2 Å². The lowest BCUT2D eigenvalue weighted by Crippen LogP contribution is -2.43. The Morgan fingerprint density at radius 3 is 2.77 bits per heavy atom. The van der Waals surface area contributed by atoms with E-state index in [0.29, 0.717) is 12.8 Å². The van der Waals surface area contributed by atoms with Gasteiger partial charge in [0, 0.05) is 6.04 Å². The maximum absolute atomic E-state index is 13.4. The summed E-state index contributed by atoms with van der Waals surface area (Å²) in [6, 6.07) is 2.56. The highest BCUT2D eigenvalue weighted by molar-refractivity contribution is 7.92. The van der Waals surface area contributed by atoms with Crippen LogP contribution < -0.4 is 10.6 Å². The number of amides is 2. The molecule has 2 amide bonds. The molecule has 3 N–H and O–H groups in total. The van der Waals surface area contributed by atoms with Crippen molar-refractivity contribution in [3.63, 3.8) is 0 Å². The van der Waals surface area contributed by atoms with Crippen LogP contribution >= 0.6 is 11.6 Å². The Morgan fingerprint density at radius 2 is 2.03 bits per heavy atom. The number of anilines is 1. The molecule has 30 heavy (non-hydrogen) atoms. The van der Waals surface area contributed by atoms with Gasteiger partial charge in [0.15, 0.2) is 15.6 Å². The molecule has 164 valence electrons. The van der Waals surface area contributed by atoms with Crippen LogP contribution in [0, 0.1) is 0 Å². The number of aromatic hydroxyl groups is 1. The number of hydrogen-bond acceptors (Lipinski definition) is 5. The molecule has 3 aliphatic rings. The maximum atomic E-state index is 13.4. The highest BCUT2D eigenvalue weighted by Gasteiger charge is 2.40. The summed E-state index contributed by atoms with van der Waals surface area (Å²) in [6.45, 7) is 3.72. The van der Waals surface area contributed by atoms with Gasteiger partial charge in [-0.1, -0.05) is 23.3 Å². The number of urea groups is 1. The van der Waals surface area contributed by atoms with Crippen molar-refractivity contribution < 1.29 is 18.3 Å². The molecule has 2 fully saturated rings. The van der Waals surface area contributed by atoms with Gasteiger partial charge in [0.1, 0.15) is 4.90 Å². The smallest absolute Gasteiger partial charge is 0.319 e. The third-order valence-corrected chi connectivity index (χ3v) is 9.32. The fourth-order valence-corrected chi connectivity index (χ4v) is 7.32. The Balaban J connectivity index is 1.54. The largest absolute Gasteiger partial charge is 0.504 e. The summed E-state index contributed by atoms with van der Waals surface area (Å²) in [5, 5.41) is 15.6. The van der Waals surface area contributed by atoms with Crippen LogP contribution in [0.1, 0.15) is 45.4 Å². The number of phenolic OH excluding ortho intramolecular Hbond substituents is 1. The van der Waals surface area contributed by atoms with E-state index >= 15 is 0 Å². The third-order valence-electron chi connectivity index (χ3n) is 6.60. The highest BCUT2D eigenvalue weighted by atomic mass is 35.5. The van der Waals surface area contributed by atoms with E-state index in [0.717, 1.165) is 44.3 Å². The van der Waals surface area contributed by atoms with Crippen molar-refractivity contribution in [2.24, 2.45) is 0 Å². The molecule has 1 aliphatic carbocycles. The Hall–Kier alpha value is -1.77. The number of fused-ring (bicyclic) bond motifs is 1. The molecule has 2 saturated heterocycles. The lowest BCUT2D eigenvalue weighted by Gasteiger charge is -2.34. The molecule has 1 aromatic carbocycles. The standard InChI is InChI=1S/C21H28ClN3O4S/c1-13-4-2-6-17(13)23-21(27)24-18-8-7-16(22)20(19(18)26)30(28,29)15-9-11-25-10-3-5-14(25)12-15/h4,7-8,14-15,17,26H,2-3,5-6,9-12H2,1H3,(H2,23,24,27). The van der Waals surface area contributed by atoms with Crippen LogP contribution in [0.4, 0.5) is 10.5 Å². The predicted octanol–water partition coefficient (Wildman–Crippen LogP) is 3.68. The molecule has 4 rings (SSSR count). The minimum absolute atomic E-state index is 0.0260. The lowest BCUT2D eigenvalue weighted by atomic mass is 10.0. The van der Waals surface area contributed by atoms with Crippen molar-refractivity contribution in [3.8, 4) is 5.75 Å². The van der Waals surface area contributed by atoms with Crippen LogP contribution in [0.15, 0.2) is 28.7 Å². The molecule has 2 heterocycles. The summed E-state index contributed by atoms with van der Waals surface area (Å²) < 4.78 is 26.8. The van der Waals surface area contributed by atoms with Gasteiger partial charge >= 0.3 is 6.03 Å². The molecule has 0 saturated carbocycles. The second kappa shape index (κ2) is 8.40. The van der Waals surface area contributed by atoms with Crippen LogP contribution in [0.2, 0.25) is 5.02 Å². The van der Waals surface area contributed by atoms with Crippen molar-refractivity contribution in [2.45, 2.75) is 67.7 Å². The monoisotopic (exact) mass is 453 g/mol. The van der Waals surface area contributed by atoms with Gasteiger partial charge in [-0.3, -0.25) is 0 Å². The van der Waals surface area contributed by atoms with E-state index in [2.05, 4.69) is 21.6 Å². The Kier molecular flexibility index (Phi) is 6.01. The number of benzene rings is 1. The van der Waals surface area contributed by atoms with Crippen LogP contribution in [-0.2, 0) is 9.84 Å². The van der Waals surface area contributed by atoms with Gasteiger partial charge in [-0.05, 0) is 70.7 Å². The quantitative estimate of drug-likeness (QED) is 0.477. The summed E-state index contributed by atoms with van der Waals surface area (Å²) in [7, 11) is -3.84. The number of carbonyl (C=O) groups is 1. The van der Waals surface area contributed by atoms with Gasteiger partial charge in [-0.25, -0.2) is 13.2 Å². The van der Waals surface area contributed by atoms with Crippen molar-refractivity contribution in [3.05, 3.63) is 28.8 Å². The fraction of sp³-hybridized carbons (Fsp3) is 0.571. The van der Waals surface area contributed by atoms with Crippen molar-refractivity contribution in [1.29, 1.82) is 0 Å². The number of rotatable bonds is 4. The first-order valence-electron chi connectivity index (χ1n) is 10.5. The Labute approximate surface area is 182 Å². The molecule has 0 bridgehead atoms. The second-order valence-corrected chi connectivity index (χ2v) is 11.0. The minimum Gasteiger partial charge on any atom is -0.504 e. The van der Waals surface area contributed by atoms with Crippen LogP contribution in [-0.4, -0.2) is 54.9 Å². The average Bonchev–Trinajstić information content (AvgIpc) is 3.32. The number of piperidine rings is 1. The number of nitrogens with one attached hydrogen (secondary N) is 2. The fourth-order valence-electron chi connectivity index (χ4n) is 4.90. The van der Waals surface area contributed by atoms with Gasteiger partial charge in [-0.2, -0.15) is 0 Å². The van der Waals surface area contributed by atoms with Gasteiger partial charge < -0.3 is 20.6 Å². The Morgan fingerprint density at radius 1 is 1.23 bits per heavy atom. The maximum Gasteiger partial charge on any atom is 0.319 e. The first-order chi connectivity index (χ1) is 14.3. The number of allylic oxidation sites excluding steroid dienone is 1. The summed E-state index contributed by atoms with van der Waals surface area (Å²) >= 11 is 6.22. The molecular formula is C21H28ClN3O4S. The van der Waals surface area contributed by atoms with E-state index in [1.165, 1.54) is 12.1 Å². The molecule has 0 radical (unpaired) electrons. The normalized spacial score (nSPS) is 26.9. The average molecular weight is 454 g/mol. The van der Waals surface area contributed by atoms with Crippen LogP contribution in [0.3, 0.4) is 0 Å². The first kappa shape index (κ1) is 21.5. The molecule has 1 aromatic rings. The number of nitrogens with zero attached hydrogens (tertiary/aromatic N) is 1. The predicted molar refractivity (Wildman–Crippen MR) is 117 cm³/mol. The minimum atomic E-state index is -3.84. The lowest BCUT2D eigenvalue weighted by molar-refractivity contribution is 0.199. The van der Waals surface area contributed by atoms with Gasteiger partial charge in [0.05, 0.1) is 22.0 Å². The Bertz CT molecular complexity index is 979. The van der Waals surface area contributed by atoms with E-state index in [4.69, 9.17) is 11.6 Å². The van der Waals surface area contributed by atoms with Gasteiger partial charge in [0.25, 0.3) is 0 Å². The number of hydrogen-bond donors (Lipinski definition) is 3. The van der Waals surface area contributed by atoms with E-state index in [9.17, 15) is 18.3 Å². The SMILES string of the molecule is CC1=CCCC1NC(=O)Nc1ccc(Cl)c(S(=O)(=O)C2CCN3CCCC3C2)c1O. The molecule has 7 nitrogen and oxygen atoms in total. The highest BCUT2D eigenvalue weighted by Crippen LogP contribution is 2.41. The summed E-state index contributed by atoms with van der Waals surface area (Å²) in [5.74, 6) is -0.495. The molecule has 2 aliphatic heterocycles. The van der Waals surface area contributed by atoms with Crippen molar-refractivity contribution in [1.82, 2.24) is 10.2 Å². The van der Waals surface area contributed by atoms with E-state index in [1.807, 2.05) is 6.92 Å². The van der Waals surface area contributed by atoms with Gasteiger partial charge in [-0.15, -0.1) is 0 Å². The molecule has 0 aromatic heterocycles. The van der Waals surface area contributed by atoms with Gasteiger partial charge in [0.2, 0.25) is 0 Å². The number of halogens is 1. The summed E-state index contributed by atoms with van der Waals surface area (Å²) in [5.41, 5.74) is 1.13. The van der Waals surface area contributed by atoms with Crippen LogP contribution in [0.5, 0.6) is 5.75 Å². The third kappa shape index (κ3) is 4.05. The number of carbonyl (C=O) groups excluding carboxylic acids is 1. The van der Waals surface area contributed by atoms with Crippen LogP contribution in [0.25, 0.3) is 0 Å².